The molecule has 2 aromatic carbocycles. The molecule has 1 unspecified atom stereocenters. The lowest BCUT2D eigenvalue weighted by atomic mass is 9.88. The molecule has 0 radical (unpaired) electrons. The number of benzene rings is 2. The summed E-state index contributed by atoms with van der Waals surface area (Å²) in [6, 6.07) is 11.0. The first-order chi connectivity index (χ1) is 9.08. The van der Waals surface area contributed by atoms with Crippen molar-refractivity contribution >= 4 is 22.0 Å². The van der Waals surface area contributed by atoms with Gasteiger partial charge in [-0.3, -0.25) is 0 Å². The van der Waals surface area contributed by atoms with Crippen molar-refractivity contribution in [3.05, 3.63) is 74.3 Å². The van der Waals surface area contributed by atoms with Gasteiger partial charge in [0, 0.05) is 10.4 Å². The fourth-order valence-corrected chi connectivity index (χ4v) is 3.53. The Balaban J connectivity index is 2.17. The number of allylic oxidation sites excluding steroid dienone is 1. The Morgan fingerprint density at radius 3 is 2.53 bits per heavy atom. The molecule has 0 saturated carbocycles. The number of fused-ring (bicyclic) bond motifs is 1. The second-order valence-corrected chi connectivity index (χ2v) is 6.27. The highest BCUT2D eigenvalue weighted by molar-refractivity contribution is 9.10. The SMILES string of the molecule is Cc1cccc(C2C=Cc3c(C)cc(Br)cc32)c1C. The third kappa shape index (κ3) is 2.06. The minimum absolute atomic E-state index is 0.395. The van der Waals surface area contributed by atoms with E-state index >= 15 is 0 Å². The van der Waals surface area contributed by atoms with Crippen LogP contribution in [0, 0.1) is 20.8 Å². The van der Waals surface area contributed by atoms with Crippen molar-refractivity contribution in [1.29, 1.82) is 0 Å². The van der Waals surface area contributed by atoms with Crippen LogP contribution in [0.3, 0.4) is 0 Å². The number of hydrogen-bond donors (Lipinski definition) is 0. The molecule has 0 aliphatic heterocycles. The molecular weight excluding hydrogens is 296 g/mol. The number of aryl methyl sites for hydroxylation is 2. The monoisotopic (exact) mass is 312 g/mol. The molecule has 0 N–H and O–H groups in total. The first-order valence-corrected chi connectivity index (χ1v) is 7.41. The molecule has 1 heteroatoms. The van der Waals surface area contributed by atoms with Crippen molar-refractivity contribution in [1.82, 2.24) is 0 Å². The summed E-state index contributed by atoms with van der Waals surface area (Å²) in [6.45, 7) is 6.59. The third-order valence-electron chi connectivity index (χ3n) is 4.16. The van der Waals surface area contributed by atoms with E-state index < -0.39 is 0 Å². The molecule has 0 fully saturated rings. The molecule has 0 nitrogen and oxygen atoms in total. The number of hydrogen-bond acceptors (Lipinski definition) is 0. The van der Waals surface area contributed by atoms with Crippen molar-refractivity contribution in [3.63, 3.8) is 0 Å². The summed E-state index contributed by atoms with van der Waals surface area (Å²) < 4.78 is 1.17. The lowest BCUT2D eigenvalue weighted by Gasteiger charge is -2.17. The Kier molecular flexibility index (Phi) is 3.10. The van der Waals surface area contributed by atoms with Gasteiger partial charge in [-0.25, -0.2) is 0 Å². The molecule has 1 aliphatic rings. The molecule has 1 aliphatic carbocycles. The molecular formula is C18H17Br. The summed E-state index contributed by atoms with van der Waals surface area (Å²) in [5.74, 6) is 0.395. The van der Waals surface area contributed by atoms with Crippen molar-refractivity contribution < 1.29 is 0 Å². The lowest BCUT2D eigenvalue weighted by molar-refractivity contribution is 1.02. The van der Waals surface area contributed by atoms with Crippen LogP contribution in [0.15, 0.2) is 40.9 Å². The Morgan fingerprint density at radius 2 is 1.74 bits per heavy atom. The Hall–Kier alpha value is -1.34. The second kappa shape index (κ2) is 4.64. The summed E-state index contributed by atoms with van der Waals surface area (Å²) in [6.07, 6.45) is 4.59. The van der Waals surface area contributed by atoms with Gasteiger partial charge in [0.1, 0.15) is 0 Å². The van der Waals surface area contributed by atoms with E-state index in [-0.39, 0.29) is 0 Å². The van der Waals surface area contributed by atoms with Gasteiger partial charge in [0.25, 0.3) is 0 Å². The largest absolute Gasteiger partial charge is 0.0720 e. The predicted molar refractivity (Wildman–Crippen MR) is 85.7 cm³/mol. The smallest absolute Gasteiger partial charge is 0.0281 e. The Morgan fingerprint density at radius 1 is 0.947 bits per heavy atom. The molecule has 0 heterocycles. The van der Waals surface area contributed by atoms with Gasteiger partial charge in [-0.15, -0.1) is 0 Å². The number of rotatable bonds is 1. The summed E-state index contributed by atoms with van der Waals surface area (Å²) in [4.78, 5) is 0. The molecule has 19 heavy (non-hydrogen) atoms. The van der Waals surface area contributed by atoms with Crippen LogP contribution in [-0.2, 0) is 0 Å². The maximum Gasteiger partial charge on any atom is 0.0281 e. The summed E-state index contributed by atoms with van der Waals surface area (Å²) in [7, 11) is 0. The van der Waals surface area contributed by atoms with Crippen LogP contribution < -0.4 is 0 Å². The van der Waals surface area contributed by atoms with Gasteiger partial charge in [-0.2, -0.15) is 0 Å². The van der Waals surface area contributed by atoms with Crippen LogP contribution in [0.1, 0.15) is 39.3 Å². The highest BCUT2D eigenvalue weighted by atomic mass is 79.9. The van der Waals surface area contributed by atoms with E-state index in [1.165, 1.54) is 37.9 Å². The van der Waals surface area contributed by atoms with Crippen LogP contribution in [-0.4, -0.2) is 0 Å². The number of halogens is 1. The van der Waals surface area contributed by atoms with Gasteiger partial charge < -0.3 is 0 Å². The molecule has 0 saturated heterocycles. The fourth-order valence-electron chi connectivity index (χ4n) is 2.94. The van der Waals surface area contributed by atoms with E-state index in [4.69, 9.17) is 0 Å². The van der Waals surface area contributed by atoms with Gasteiger partial charge in [-0.1, -0.05) is 46.3 Å². The molecule has 2 aromatic rings. The quantitative estimate of drug-likeness (QED) is 0.649. The highest BCUT2D eigenvalue weighted by Crippen LogP contribution is 2.40. The standard InChI is InChI=1S/C18H17Br/c1-11-5-4-6-16(13(11)3)17-8-7-15-12(2)9-14(19)10-18(15)17/h4-10,17H,1-3H3. The fraction of sp³-hybridized carbons (Fsp3) is 0.222. The molecule has 1 atom stereocenters. The summed E-state index contributed by atoms with van der Waals surface area (Å²) in [5, 5.41) is 0. The summed E-state index contributed by atoms with van der Waals surface area (Å²) in [5.41, 5.74) is 8.34. The van der Waals surface area contributed by atoms with Gasteiger partial charge in [-0.05, 0) is 66.3 Å². The minimum Gasteiger partial charge on any atom is -0.0720 e. The molecule has 0 aromatic heterocycles. The average molecular weight is 313 g/mol. The van der Waals surface area contributed by atoms with Crippen LogP contribution >= 0.6 is 15.9 Å². The maximum absolute atomic E-state index is 3.62. The van der Waals surface area contributed by atoms with Gasteiger partial charge in [0.05, 0.1) is 0 Å². The zero-order valence-corrected chi connectivity index (χ0v) is 13.1. The molecule has 0 spiro atoms. The zero-order valence-electron chi connectivity index (χ0n) is 11.5. The van der Waals surface area contributed by atoms with E-state index in [1.807, 2.05) is 0 Å². The lowest BCUT2D eigenvalue weighted by Crippen LogP contribution is -2.00. The topological polar surface area (TPSA) is 0 Å². The highest BCUT2D eigenvalue weighted by Gasteiger charge is 2.22. The zero-order chi connectivity index (χ0) is 13.6. The van der Waals surface area contributed by atoms with Gasteiger partial charge in [0.2, 0.25) is 0 Å². The molecule has 0 amide bonds. The van der Waals surface area contributed by atoms with Crippen LogP contribution in [0.4, 0.5) is 0 Å². The van der Waals surface area contributed by atoms with Gasteiger partial charge >= 0.3 is 0 Å². The van der Waals surface area contributed by atoms with Crippen LogP contribution in [0.25, 0.3) is 6.08 Å². The van der Waals surface area contributed by atoms with Gasteiger partial charge in [0.15, 0.2) is 0 Å². The van der Waals surface area contributed by atoms with E-state index in [1.54, 1.807) is 0 Å². The van der Waals surface area contributed by atoms with E-state index in [0.29, 0.717) is 5.92 Å². The first kappa shape index (κ1) is 12.7. The van der Waals surface area contributed by atoms with E-state index in [9.17, 15) is 0 Å². The normalized spacial score (nSPS) is 16.7. The van der Waals surface area contributed by atoms with Crippen molar-refractivity contribution in [3.8, 4) is 0 Å². The average Bonchev–Trinajstić information content (AvgIpc) is 2.76. The van der Waals surface area contributed by atoms with E-state index in [0.717, 1.165) is 0 Å². The molecule has 96 valence electrons. The first-order valence-electron chi connectivity index (χ1n) is 6.62. The van der Waals surface area contributed by atoms with Crippen LogP contribution in [0.2, 0.25) is 0 Å². The van der Waals surface area contributed by atoms with E-state index in [2.05, 4.69) is 79.2 Å². The van der Waals surface area contributed by atoms with Crippen molar-refractivity contribution in [2.24, 2.45) is 0 Å². The molecule has 3 rings (SSSR count). The summed E-state index contributed by atoms with van der Waals surface area (Å²) >= 11 is 3.62. The maximum atomic E-state index is 3.62. The molecule has 0 bridgehead atoms. The predicted octanol–water partition coefficient (Wildman–Crippen LogP) is 5.53. The Labute approximate surface area is 123 Å². The minimum atomic E-state index is 0.395. The van der Waals surface area contributed by atoms with Crippen molar-refractivity contribution in [2.75, 3.05) is 0 Å². The third-order valence-corrected chi connectivity index (χ3v) is 4.61. The van der Waals surface area contributed by atoms with Crippen molar-refractivity contribution in [2.45, 2.75) is 26.7 Å². The second-order valence-electron chi connectivity index (χ2n) is 5.35. The van der Waals surface area contributed by atoms with Crippen LogP contribution in [0.5, 0.6) is 0 Å². The Bertz CT molecular complexity index is 680.